The minimum atomic E-state index is -0.151. The van der Waals surface area contributed by atoms with Gasteiger partial charge in [0.2, 0.25) is 5.88 Å². The molecule has 0 aliphatic carbocycles. The first-order valence-electron chi connectivity index (χ1n) is 11.0. The zero-order valence-electron chi connectivity index (χ0n) is 18.3. The van der Waals surface area contributed by atoms with Crippen molar-refractivity contribution in [3.8, 4) is 5.88 Å². The maximum Gasteiger partial charge on any atom is 0.253 e. The number of nitrogens with one attached hydrogen (secondary N) is 1. The third-order valence-corrected chi connectivity index (χ3v) is 6.29. The van der Waals surface area contributed by atoms with Crippen LogP contribution in [0.2, 0.25) is 0 Å². The summed E-state index contributed by atoms with van der Waals surface area (Å²) in [7, 11) is 1.68. The molecule has 3 aromatic heterocycles. The summed E-state index contributed by atoms with van der Waals surface area (Å²) < 4.78 is 13.4. The van der Waals surface area contributed by atoms with E-state index < -0.39 is 0 Å². The average Bonchev–Trinajstić information content (AvgIpc) is 3.40. The molecule has 3 aromatic rings. The van der Waals surface area contributed by atoms with Crippen molar-refractivity contribution in [2.45, 2.75) is 38.1 Å². The summed E-state index contributed by atoms with van der Waals surface area (Å²) in [4.78, 5) is 24.1. The van der Waals surface area contributed by atoms with Crippen LogP contribution >= 0.6 is 0 Å². The standard InChI is InChI=1S/C23H28N6O3/c1-3-28-7-6-14-8-16(10-25-21(14)28)22(30)26-17-9-15-4-5-20(27-23(15)32-13-17)29-11-18(24)19(12-29)31-2/h4-8,10,17-19H,3,9,11-13,24H2,1-2H3,(H,26,30)/t17-,18+,19+/m1/s1. The van der Waals surface area contributed by atoms with Crippen LogP contribution in [0.25, 0.3) is 11.0 Å². The van der Waals surface area contributed by atoms with Crippen LogP contribution in [0.4, 0.5) is 5.82 Å². The smallest absolute Gasteiger partial charge is 0.253 e. The number of ether oxygens (including phenoxy) is 2. The van der Waals surface area contributed by atoms with Crippen LogP contribution in [0.1, 0.15) is 22.8 Å². The molecule has 0 radical (unpaired) electrons. The SMILES string of the molecule is CCn1ccc2cc(C(=O)N[C@H]3COc4nc(N5C[C@H](OC)[C@@H](N)C5)ccc4C3)cnc21. The Kier molecular flexibility index (Phi) is 5.44. The molecule has 0 spiro atoms. The third-order valence-electron chi connectivity index (χ3n) is 6.29. The fourth-order valence-electron chi connectivity index (χ4n) is 4.47. The normalized spacial score (nSPS) is 22.6. The molecule has 2 aliphatic heterocycles. The minimum Gasteiger partial charge on any atom is -0.475 e. The van der Waals surface area contributed by atoms with Crippen molar-refractivity contribution in [3.05, 3.63) is 47.8 Å². The molecule has 1 amide bonds. The van der Waals surface area contributed by atoms with E-state index in [-0.39, 0.29) is 24.1 Å². The molecule has 168 valence electrons. The second-order valence-corrected chi connectivity index (χ2v) is 8.40. The zero-order chi connectivity index (χ0) is 22.2. The highest BCUT2D eigenvalue weighted by Crippen LogP contribution is 2.28. The van der Waals surface area contributed by atoms with Crippen LogP contribution in [-0.2, 0) is 17.7 Å². The first kappa shape index (κ1) is 20.7. The number of nitrogens with two attached hydrogens (primary N) is 1. The summed E-state index contributed by atoms with van der Waals surface area (Å²) in [6.45, 7) is 4.69. The molecule has 1 fully saturated rings. The average molecular weight is 437 g/mol. The van der Waals surface area contributed by atoms with Gasteiger partial charge in [-0.05, 0) is 31.2 Å². The van der Waals surface area contributed by atoms with E-state index in [1.54, 1.807) is 13.3 Å². The van der Waals surface area contributed by atoms with Crippen molar-refractivity contribution < 1.29 is 14.3 Å². The van der Waals surface area contributed by atoms with Crippen molar-refractivity contribution in [3.63, 3.8) is 0 Å². The lowest BCUT2D eigenvalue weighted by atomic mass is 10.0. The number of carbonyl (C=O) groups excluding carboxylic acids is 1. The van der Waals surface area contributed by atoms with Gasteiger partial charge in [0.15, 0.2) is 0 Å². The lowest BCUT2D eigenvalue weighted by Gasteiger charge is -2.27. The van der Waals surface area contributed by atoms with Gasteiger partial charge in [-0.25, -0.2) is 4.98 Å². The van der Waals surface area contributed by atoms with Crippen LogP contribution in [0, 0.1) is 0 Å². The molecule has 1 saturated heterocycles. The van der Waals surface area contributed by atoms with Gasteiger partial charge in [-0.3, -0.25) is 4.79 Å². The van der Waals surface area contributed by atoms with Gasteiger partial charge in [-0.15, -0.1) is 0 Å². The second-order valence-electron chi connectivity index (χ2n) is 8.40. The van der Waals surface area contributed by atoms with Crippen LogP contribution in [0.5, 0.6) is 5.88 Å². The summed E-state index contributed by atoms with van der Waals surface area (Å²) in [5, 5.41) is 4.03. The molecule has 5 rings (SSSR count). The van der Waals surface area contributed by atoms with E-state index in [9.17, 15) is 4.79 Å². The number of methoxy groups -OCH3 is 1. The Morgan fingerprint density at radius 2 is 2.22 bits per heavy atom. The summed E-state index contributed by atoms with van der Waals surface area (Å²) in [6, 6.07) is 7.69. The molecule has 0 unspecified atom stereocenters. The number of aromatic nitrogens is 3. The molecular weight excluding hydrogens is 408 g/mol. The molecule has 5 heterocycles. The number of pyridine rings is 2. The van der Waals surface area contributed by atoms with E-state index in [4.69, 9.17) is 15.2 Å². The van der Waals surface area contributed by atoms with E-state index in [1.807, 2.05) is 30.5 Å². The number of hydrogen-bond donors (Lipinski definition) is 2. The van der Waals surface area contributed by atoms with Crippen molar-refractivity contribution in [1.82, 2.24) is 19.9 Å². The number of rotatable bonds is 5. The Hall–Kier alpha value is -3.17. The van der Waals surface area contributed by atoms with Crippen molar-refractivity contribution in [2.75, 3.05) is 31.7 Å². The zero-order valence-corrected chi connectivity index (χ0v) is 18.3. The quantitative estimate of drug-likeness (QED) is 0.622. The van der Waals surface area contributed by atoms with Gasteiger partial charge in [-0.1, -0.05) is 0 Å². The molecule has 0 saturated carbocycles. The van der Waals surface area contributed by atoms with Crippen LogP contribution in [0.3, 0.4) is 0 Å². The molecule has 32 heavy (non-hydrogen) atoms. The fourth-order valence-corrected chi connectivity index (χ4v) is 4.47. The Bertz CT molecular complexity index is 1150. The summed E-state index contributed by atoms with van der Waals surface area (Å²) in [5.74, 6) is 1.30. The largest absolute Gasteiger partial charge is 0.475 e. The van der Waals surface area contributed by atoms with Gasteiger partial charge in [0, 0.05) is 56.5 Å². The van der Waals surface area contributed by atoms with Crippen molar-refractivity contribution in [2.24, 2.45) is 5.73 Å². The van der Waals surface area contributed by atoms with Gasteiger partial charge < -0.3 is 30.0 Å². The predicted molar refractivity (Wildman–Crippen MR) is 121 cm³/mol. The van der Waals surface area contributed by atoms with Crippen LogP contribution < -0.4 is 20.7 Å². The number of amides is 1. The molecule has 0 bridgehead atoms. The molecule has 3 atom stereocenters. The predicted octanol–water partition coefficient (Wildman–Crippen LogP) is 1.35. The van der Waals surface area contributed by atoms with E-state index in [1.165, 1.54) is 0 Å². The topological polar surface area (TPSA) is 108 Å². The highest BCUT2D eigenvalue weighted by molar-refractivity contribution is 5.97. The van der Waals surface area contributed by atoms with E-state index >= 15 is 0 Å². The number of anilines is 1. The number of nitrogens with zero attached hydrogens (tertiary/aromatic N) is 4. The van der Waals surface area contributed by atoms with Crippen molar-refractivity contribution in [1.29, 1.82) is 0 Å². The number of aryl methyl sites for hydroxylation is 1. The lowest BCUT2D eigenvalue weighted by Crippen LogP contribution is -2.43. The number of carbonyl (C=O) groups is 1. The van der Waals surface area contributed by atoms with E-state index in [0.717, 1.165) is 29.0 Å². The van der Waals surface area contributed by atoms with Crippen LogP contribution in [0.15, 0.2) is 36.7 Å². The van der Waals surface area contributed by atoms with E-state index in [0.29, 0.717) is 37.6 Å². The first-order valence-corrected chi connectivity index (χ1v) is 11.0. The monoisotopic (exact) mass is 436 g/mol. The van der Waals surface area contributed by atoms with Gasteiger partial charge in [0.05, 0.1) is 23.8 Å². The Balaban J connectivity index is 1.25. The summed E-state index contributed by atoms with van der Waals surface area (Å²) in [6.07, 6.45) is 4.28. The molecular formula is C23H28N6O3. The fraction of sp³-hybridized carbons (Fsp3) is 0.435. The van der Waals surface area contributed by atoms with Gasteiger partial charge in [0.1, 0.15) is 18.1 Å². The lowest BCUT2D eigenvalue weighted by molar-refractivity contribution is 0.0913. The Morgan fingerprint density at radius 1 is 1.34 bits per heavy atom. The van der Waals surface area contributed by atoms with Gasteiger partial charge in [0.25, 0.3) is 5.91 Å². The second kappa shape index (κ2) is 8.40. The number of fused-ring (bicyclic) bond motifs is 2. The highest BCUT2D eigenvalue weighted by Gasteiger charge is 2.32. The third kappa shape index (κ3) is 3.78. The van der Waals surface area contributed by atoms with Crippen molar-refractivity contribution >= 4 is 22.8 Å². The highest BCUT2D eigenvalue weighted by atomic mass is 16.5. The minimum absolute atomic E-state index is 0.00239. The summed E-state index contributed by atoms with van der Waals surface area (Å²) in [5.41, 5.74) is 8.54. The van der Waals surface area contributed by atoms with Crippen LogP contribution in [-0.4, -0.2) is 65.4 Å². The maximum absolute atomic E-state index is 12.8. The maximum atomic E-state index is 12.8. The first-order chi connectivity index (χ1) is 15.6. The summed E-state index contributed by atoms with van der Waals surface area (Å²) >= 11 is 0. The molecule has 9 nitrogen and oxygen atoms in total. The van der Waals surface area contributed by atoms with E-state index in [2.05, 4.69) is 31.7 Å². The Morgan fingerprint density at radius 3 is 3.00 bits per heavy atom. The molecule has 0 aromatic carbocycles. The molecule has 3 N–H and O–H groups in total. The molecule has 2 aliphatic rings. The molecule has 9 heteroatoms. The number of hydrogen-bond acceptors (Lipinski definition) is 7. The van der Waals surface area contributed by atoms with Gasteiger partial charge >= 0.3 is 0 Å². The van der Waals surface area contributed by atoms with Gasteiger partial charge in [-0.2, -0.15) is 4.98 Å². The Labute approximate surface area is 186 Å².